The Morgan fingerprint density at radius 2 is 1.86 bits per heavy atom. The van der Waals surface area contributed by atoms with Gasteiger partial charge in [-0.15, -0.1) is 0 Å². The first-order chi connectivity index (χ1) is 10.2. The zero-order valence-electron chi connectivity index (χ0n) is 11.5. The Labute approximate surface area is 122 Å². The van der Waals surface area contributed by atoms with Gasteiger partial charge in [-0.3, -0.25) is 4.79 Å². The van der Waals surface area contributed by atoms with Crippen molar-refractivity contribution < 1.29 is 19.4 Å². The van der Waals surface area contributed by atoms with Gasteiger partial charge in [-0.05, 0) is 48.4 Å². The van der Waals surface area contributed by atoms with E-state index >= 15 is 0 Å². The zero-order chi connectivity index (χ0) is 14.8. The molecule has 21 heavy (non-hydrogen) atoms. The Bertz CT molecular complexity index is 731. The van der Waals surface area contributed by atoms with Crippen molar-refractivity contribution in [2.24, 2.45) is 0 Å². The third-order valence-corrected chi connectivity index (χ3v) is 3.35. The van der Waals surface area contributed by atoms with Gasteiger partial charge in [0.15, 0.2) is 17.3 Å². The van der Waals surface area contributed by atoms with Crippen molar-refractivity contribution in [3.63, 3.8) is 0 Å². The molecule has 0 radical (unpaired) electrons. The van der Waals surface area contributed by atoms with E-state index in [1.807, 2.05) is 12.1 Å². The average molecular weight is 282 g/mol. The predicted molar refractivity (Wildman–Crippen MR) is 77.8 cm³/mol. The minimum Gasteiger partial charge on any atom is -0.508 e. The van der Waals surface area contributed by atoms with E-state index in [0.717, 1.165) is 5.56 Å². The summed E-state index contributed by atoms with van der Waals surface area (Å²) in [5, 5.41) is 9.46. The molecule has 0 saturated heterocycles. The van der Waals surface area contributed by atoms with Gasteiger partial charge in [0.1, 0.15) is 5.75 Å². The fraction of sp³-hybridized carbons (Fsp3) is 0.118. The summed E-state index contributed by atoms with van der Waals surface area (Å²) in [7, 11) is 1.55. The molecule has 2 aromatic carbocycles. The molecule has 0 fully saturated rings. The first kappa shape index (κ1) is 13.2. The number of rotatable bonds is 3. The van der Waals surface area contributed by atoms with Crippen LogP contribution in [0.4, 0.5) is 0 Å². The monoisotopic (exact) mass is 282 g/mol. The lowest BCUT2D eigenvalue weighted by molar-refractivity contribution is 0.0980. The van der Waals surface area contributed by atoms with Gasteiger partial charge in [0.05, 0.1) is 7.11 Å². The molecule has 1 N–H and O–H groups in total. The van der Waals surface area contributed by atoms with Crippen LogP contribution < -0.4 is 9.47 Å². The number of carbonyl (C=O) groups excluding carboxylic acids is 1. The van der Waals surface area contributed by atoms with Crippen LogP contribution >= 0.6 is 0 Å². The molecule has 3 rings (SSSR count). The van der Waals surface area contributed by atoms with E-state index in [0.29, 0.717) is 23.5 Å². The molecule has 4 heteroatoms. The van der Waals surface area contributed by atoms with Crippen molar-refractivity contribution in [3.8, 4) is 17.2 Å². The van der Waals surface area contributed by atoms with Crippen LogP contribution in [0, 0.1) is 0 Å². The maximum Gasteiger partial charge on any atom is 0.228 e. The van der Waals surface area contributed by atoms with Crippen LogP contribution in [0.1, 0.15) is 15.9 Å². The summed E-state index contributed by atoms with van der Waals surface area (Å²) in [5.74, 6) is 1.31. The van der Waals surface area contributed by atoms with E-state index in [4.69, 9.17) is 9.47 Å². The highest BCUT2D eigenvalue weighted by molar-refractivity contribution is 6.09. The summed E-state index contributed by atoms with van der Waals surface area (Å²) >= 11 is 0. The van der Waals surface area contributed by atoms with E-state index in [1.54, 1.807) is 37.5 Å². The molecule has 0 amide bonds. The van der Waals surface area contributed by atoms with E-state index in [-0.39, 0.29) is 17.3 Å². The van der Waals surface area contributed by atoms with Crippen LogP contribution in [-0.2, 0) is 6.42 Å². The lowest BCUT2D eigenvalue weighted by Gasteiger charge is -2.17. The molecule has 0 unspecified atom stereocenters. The van der Waals surface area contributed by atoms with Crippen LogP contribution in [-0.4, -0.2) is 18.0 Å². The van der Waals surface area contributed by atoms with Crippen LogP contribution in [0.15, 0.2) is 54.3 Å². The molecular formula is C17H14O4. The number of phenols is 1. The third kappa shape index (κ3) is 2.48. The van der Waals surface area contributed by atoms with Crippen molar-refractivity contribution >= 4 is 5.78 Å². The number of ether oxygens (including phenoxy) is 2. The molecule has 0 aliphatic heterocycles. The van der Waals surface area contributed by atoms with Crippen LogP contribution in [0.5, 0.6) is 17.2 Å². The number of fused-ring (bicyclic) bond motifs is 1. The highest BCUT2D eigenvalue weighted by Gasteiger charge is 2.23. The topological polar surface area (TPSA) is 55.8 Å². The summed E-state index contributed by atoms with van der Waals surface area (Å²) < 4.78 is 10.9. The Morgan fingerprint density at radius 1 is 1.10 bits per heavy atom. The second kappa shape index (κ2) is 5.32. The minimum absolute atomic E-state index is 0.157. The fourth-order valence-electron chi connectivity index (χ4n) is 2.31. The van der Waals surface area contributed by atoms with E-state index in [1.165, 1.54) is 6.07 Å². The number of carbonyl (C=O) groups is 1. The molecule has 0 atom stereocenters. The van der Waals surface area contributed by atoms with Crippen LogP contribution in [0.3, 0.4) is 0 Å². The van der Waals surface area contributed by atoms with Gasteiger partial charge in [-0.25, -0.2) is 0 Å². The Kier molecular flexibility index (Phi) is 3.36. The number of para-hydroxylation sites is 2. The number of aromatic hydroxyl groups is 1. The maximum atomic E-state index is 12.4. The Morgan fingerprint density at radius 3 is 2.62 bits per heavy atom. The van der Waals surface area contributed by atoms with Gasteiger partial charge in [-0.1, -0.05) is 12.1 Å². The molecule has 1 aliphatic rings. The maximum absolute atomic E-state index is 12.4. The normalized spacial score (nSPS) is 13.4. The van der Waals surface area contributed by atoms with Crippen molar-refractivity contribution in [1.29, 1.82) is 0 Å². The second-order valence-corrected chi connectivity index (χ2v) is 4.70. The standard InChI is InChI=1S/C17H14O4/c1-20-14-4-2-3-5-15(14)21-16-9-6-11-10-12(18)7-8-13(11)17(16)19/h2-5,7-10,18H,6H2,1H3. The number of Topliss-reactive ketones (excluding diaryl/α,β-unsaturated/α-hetero) is 1. The Balaban J connectivity index is 1.90. The fourth-order valence-corrected chi connectivity index (χ4v) is 2.31. The number of benzene rings is 2. The van der Waals surface area contributed by atoms with Gasteiger partial charge in [0.25, 0.3) is 0 Å². The minimum atomic E-state index is -0.192. The van der Waals surface area contributed by atoms with Gasteiger partial charge < -0.3 is 14.6 Å². The smallest absolute Gasteiger partial charge is 0.228 e. The number of ketones is 1. The van der Waals surface area contributed by atoms with E-state index in [9.17, 15) is 9.90 Å². The molecule has 0 spiro atoms. The molecular weight excluding hydrogens is 268 g/mol. The predicted octanol–water partition coefficient (Wildman–Crippen LogP) is 3.10. The molecule has 106 valence electrons. The van der Waals surface area contributed by atoms with Gasteiger partial charge >= 0.3 is 0 Å². The lowest BCUT2D eigenvalue weighted by atomic mass is 9.94. The summed E-state index contributed by atoms with van der Waals surface area (Å²) in [6, 6.07) is 11.9. The van der Waals surface area contributed by atoms with E-state index in [2.05, 4.69) is 0 Å². The molecule has 0 saturated carbocycles. The van der Waals surface area contributed by atoms with Gasteiger partial charge in [-0.2, -0.15) is 0 Å². The van der Waals surface area contributed by atoms with Gasteiger partial charge in [0.2, 0.25) is 5.78 Å². The summed E-state index contributed by atoms with van der Waals surface area (Å²) in [6.07, 6.45) is 2.26. The SMILES string of the molecule is COc1ccccc1OC1=CCc2cc(O)ccc2C1=O. The highest BCUT2D eigenvalue weighted by Crippen LogP contribution is 2.31. The average Bonchev–Trinajstić information content (AvgIpc) is 2.50. The quantitative estimate of drug-likeness (QED) is 0.939. The first-order valence-electron chi connectivity index (χ1n) is 6.56. The molecule has 2 aromatic rings. The summed E-state index contributed by atoms with van der Waals surface area (Å²) in [4.78, 5) is 12.4. The molecule has 1 aliphatic carbocycles. The first-order valence-corrected chi connectivity index (χ1v) is 6.56. The second-order valence-electron chi connectivity index (χ2n) is 4.70. The number of phenolic OH excluding ortho intramolecular Hbond substituents is 1. The number of hydrogen-bond donors (Lipinski definition) is 1. The third-order valence-electron chi connectivity index (χ3n) is 3.35. The number of methoxy groups -OCH3 is 1. The highest BCUT2D eigenvalue weighted by atomic mass is 16.5. The molecule has 0 heterocycles. The summed E-state index contributed by atoms with van der Waals surface area (Å²) in [5.41, 5.74) is 1.35. The molecule has 4 nitrogen and oxygen atoms in total. The number of hydrogen-bond acceptors (Lipinski definition) is 4. The van der Waals surface area contributed by atoms with Gasteiger partial charge in [0, 0.05) is 5.56 Å². The van der Waals surface area contributed by atoms with Crippen molar-refractivity contribution in [2.75, 3.05) is 7.11 Å². The lowest BCUT2D eigenvalue weighted by Crippen LogP contribution is -2.16. The van der Waals surface area contributed by atoms with Crippen molar-refractivity contribution in [1.82, 2.24) is 0 Å². The Hall–Kier alpha value is -2.75. The van der Waals surface area contributed by atoms with Crippen molar-refractivity contribution in [2.45, 2.75) is 6.42 Å². The zero-order valence-corrected chi connectivity index (χ0v) is 11.5. The van der Waals surface area contributed by atoms with Crippen LogP contribution in [0.25, 0.3) is 0 Å². The molecule has 0 aromatic heterocycles. The summed E-state index contributed by atoms with van der Waals surface area (Å²) in [6.45, 7) is 0. The molecule has 0 bridgehead atoms. The largest absolute Gasteiger partial charge is 0.508 e. The van der Waals surface area contributed by atoms with E-state index < -0.39 is 0 Å². The number of allylic oxidation sites excluding steroid dienone is 2. The van der Waals surface area contributed by atoms with Crippen molar-refractivity contribution in [3.05, 3.63) is 65.4 Å². The van der Waals surface area contributed by atoms with Crippen LogP contribution in [0.2, 0.25) is 0 Å².